The first-order valence-corrected chi connectivity index (χ1v) is 5.95. The predicted octanol–water partition coefficient (Wildman–Crippen LogP) is 3.25. The summed E-state index contributed by atoms with van der Waals surface area (Å²) in [7, 11) is 3.29. The van der Waals surface area contributed by atoms with Crippen molar-refractivity contribution in [2.75, 3.05) is 14.2 Å². The van der Waals surface area contributed by atoms with Crippen LogP contribution in [0.2, 0.25) is 0 Å². The fraction of sp³-hybridized carbons (Fsp3) is 0.154. The molecule has 4 heteroatoms. The van der Waals surface area contributed by atoms with E-state index < -0.39 is 0 Å². The van der Waals surface area contributed by atoms with Crippen molar-refractivity contribution in [1.82, 2.24) is 4.98 Å². The topological polar surface area (TPSA) is 31.4 Å². The highest BCUT2D eigenvalue weighted by Gasteiger charge is 2.04. The van der Waals surface area contributed by atoms with E-state index in [4.69, 9.17) is 9.47 Å². The molecule has 1 aromatic heterocycles. The van der Waals surface area contributed by atoms with Gasteiger partial charge in [-0.15, -0.1) is 0 Å². The summed E-state index contributed by atoms with van der Waals surface area (Å²) in [4.78, 5) is 5.31. The summed E-state index contributed by atoms with van der Waals surface area (Å²) in [6, 6.07) is 11.6. The first kappa shape index (κ1) is 11.8. The van der Waals surface area contributed by atoms with E-state index in [0.717, 1.165) is 21.4 Å². The minimum atomic E-state index is 0.780. The van der Waals surface area contributed by atoms with Gasteiger partial charge in [0, 0.05) is 17.2 Å². The Balaban J connectivity index is 2.26. The van der Waals surface area contributed by atoms with Crippen molar-refractivity contribution in [3.05, 3.63) is 42.6 Å². The number of pyridine rings is 1. The maximum atomic E-state index is 5.22. The maximum absolute atomic E-state index is 5.22. The van der Waals surface area contributed by atoms with E-state index in [9.17, 15) is 0 Å². The van der Waals surface area contributed by atoms with E-state index in [2.05, 4.69) is 4.98 Å². The lowest BCUT2D eigenvalue weighted by molar-refractivity contribution is 0.392. The molecule has 0 aliphatic carbocycles. The van der Waals surface area contributed by atoms with E-state index in [1.807, 2.05) is 36.4 Å². The molecule has 0 bridgehead atoms. The summed E-state index contributed by atoms with van der Waals surface area (Å²) in [5.41, 5.74) is 0. The number of benzene rings is 1. The van der Waals surface area contributed by atoms with Crippen LogP contribution in [0.3, 0.4) is 0 Å². The van der Waals surface area contributed by atoms with Crippen LogP contribution in [0, 0.1) is 0 Å². The van der Waals surface area contributed by atoms with Gasteiger partial charge < -0.3 is 9.47 Å². The van der Waals surface area contributed by atoms with Crippen molar-refractivity contribution < 1.29 is 9.47 Å². The smallest absolute Gasteiger partial charge is 0.123 e. The Morgan fingerprint density at radius 1 is 1.00 bits per heavy atom. The van der Waals surface area contributed by atoms with Crippen LogP contribution in [0.5, 0.6) is 11.5 Å². The summed E-state index contributed by atoms with van der Waals surface area (Å²) in [5.74, 6) is 1.56. The minimum Gasteiger partial charge on any atom is -0.497 e. The summed E-state index contributed by atoms with van der Waals surface area (Å²) in [5, 5.41) is 0.947. The molecule has 3 nitrogen and oxygen atoms in total. The zero-order valence-corrected chi connectivity index (χ0v) is 10.5. The molecular formula is C13H13NO2S. The lowest BCUT2D eigenvalue weighted by Crippen LogP contribution is -1.88. The third kappa shape index (κ3) is 3.14. The third-order valence-corrected chi connectivity index (χ3v) is 3.11. The van der Waals surface area contributed by atoms with E-state index in [-0.39, 0.29) is 0 Å². The van der Waals surface area contributed by atoms with Crippen LogP contribution in [0.15, 0.2) is 52.5 Å². The van der Waals surface area contributed by atoms with Gasteiger partial charge in [0.2, 0.25) is 0 Å². The van der Waals surface area contributed by atoms with Gasteiger partial charge >= 0.3 is 0 Å². The second-order valence-electron chi connectivity index (χ2n) is 3.32. The quantitative estimate of drug-likeness (QED) is 0.830. The average Bonchev–Trinajstić information content (AvgIpc) is 2.39. The molecule has 2 aromatic rings. The van der Waals surface area contributed by atoms with E-state index in [1.165, 1.54) is 0 Å². The van der Waals surface area contributed by atoms with Crippen LogP contribution in [-0.4, -0.2) is 19.2 Å². The molecule has 0 atom stereocenters. The monoisotopic (exact) mass is 247 g/mol. The Bertz CT molecular complexity index is 466. The van der Waals surface area contributed by atoms with Crippen LogP contribution < -0.4 is 9.47 Å². The van der Waals surface area contributed by atoms with E-state index in [0.29, 0.717) is 0 Å². The maximum Gasteiger partial charge on any atom is 0.123 e. The standard InChI is InChI=1S/C13H13NO2S/c1-15-10-7-11(16-2)9-12(8-10)17-13-5-3-4-6-14-13/h3-9H,1-2H3. The van der Waals surface area contributed by atoms with Gasteiger partial charge in [-0.1, -0.05) is 17.8 Å². The summed E-state index contributed by atoms with van der Waals surface area (Å²) in [6.45, 7) is 0. The molecule has 0 radical (unpaired) electrons. The van der Waals surface area contributed by atoms with Gasteiger partial charge in [-0.3, -0.25) is 0 Å². The molecule has 2 rings (SSSR count). The fourth-order valence-corrected chi connectivity index (χ4v) is 2.22. The molecule has 17 heavy (non-hydrogen) atoms. The SMILES string of the molecule is COc1cc(OC)cc(Sc2ccccn2)c1. The highest BCUT2D eigenvalue weighted by molar-refractivity contribution is 7.99. The summed E-state index contributed by atoms with van der Waals surface area (Å²) in [6.07, 6.45) is 1.78. The second-order valence-corrected chi connectivity index (χ2v) is 4.41. The summed E-state index contributed by atoms with van der Waals surface area (Å²) >= 11 is 1.58. The van der Waals surface area contributed by atoms with Gasteiger partial charge in [0.05, 0.1) is 14.2 Å². The number of hydrogen-bond acceptors (Lipinski definition) is 4. The zero-order valence-electron chi connectivity index (χ0n) is 9.71. The number of methoxy groups -OCH3 is 2. The Morgan fingerprint density at radius 3 is 2.24 bits per heavy atom. The number of nitrogens with zero attached hydrogens (tertiary/aromatic N) is 1. The highest BCUT2D eigenvalue weighted by atomic mass is 32.2. The molecule has 0 aliphatic heterocycles. The van der Waals surface area contributed by atoms with Gasteiger partial charge in [-0.25, -0.2) is 4.98 Å². The Kier molecular flexibility index (Phi) is 3.88. The van der Waals surface area contributed by atoms with Crippen LogP contribution in [0.4, 0.5) is 0 Å². The van der Waals surface area contributed by atoms with Gasteiger partial charge in [-0.2, -0.15) is 0 Å². The van der Waals surface area contributed by atoms with E-state index in [1.54, 1.807) is 32.2 Å². The van der Waals surface area contributed by atoms with Crippen molar-refractivity contribution in [3.8, 4) is 11.5 Å². The normalized spacial score (nSPS) is 10.0. The highest BCUT2D eigenvalue weighted by Crippen LogP contribution is 2.32. The Labute approximate surface area is 105 Å². The van der Waals surface area contributed by atoms with Crippen molar-refractivity contribution >= 4 is 11.8 Å². The lowest BCUT2D eigenvalue weighted by Gasteiger charge is -2.07. The molecule has 88 valence electrons. The number of ether oxygens (including phenoxy) is 2. The van der Waals surface area contributed by atoms with Crippen molar-refractivity contribution in [2.24, 2.45) is 0 Å². The molecule has 1 aromatic carbocycles. The molecule has 0 amide bonds. The van der Waals surface area contributed by atoms with Crippen LogP contribution in [0.25, 0.3) is 0 Å². The largest absolute Gasteiger partial charge is 0.497 e. The number of rotatable bonds is 4. The van der Waals surface area contributed by atoms with Gasteiger partial charge in [0.15, 0.2) is 0 Å². The second kappa shape index (κ2) is 5.59. The molecule has 0 unspecified atom stereocenters. The number of hydrogen-bond donors (Lipinski definition) is 0. The van der Waals surface area contributed by atoms with Gasteiger partial charge in [0.1, 0.15) is 16.5 Å². The minimum absolute atomic E-state index is 0.780. The van der Waals surface area contributed by atoms with E-state index >= 15 is 0 Å². The Hall–Kier alpha value is -1.68. The molecule has 0 saturated heterocycles. The summed E-state index contributed by atoms with van der Waals surface area (Å²) < 4.78 is 10.4. The lowest BCUT2D eigenvalue weighted by atomic mass is 10.3. The third-order valence-electron chi connectivity index (χ3n) is 2.19. The van der Waals surface area contributed by atoms with Crippen LogP contribution in [0.1, 0.15) is 0 Å². The van der Waals surface area contributed by atoms with Crippen molar-refractivity contribution in [3.63, 3.8) is 0 Å². The molecular weight excluding hydrogens is 234 g/mol. The fourth-order valence-electron chi connectivity index (χ4n) is 1.37. The molecule has 0 spiro atoms. The Morgan fingerprint density at radius 2 is 1.71 bits per heavy atom. The van der Waals surface area contributed by atoms with Crippen molar-refractivity contribution in [2.45, 2.75) is 9.92 Å². The van der Waals surface area contributed by atoms with Crippen LogP contribution >= 0.6 is 11.8 Å². The average molecular weight is 247 g/mol. The molecule has 1 heterocycles. The zero-order chi connectivity index (χ0) is 12.1. The number of aromatic nitrogens is 1. The molecule has 0 aliphatic rings. The predicted molar refractivity (Wildman–Crippen MR) is 67.9 cm³/mol. The van der Waals surface area contributed by atoms with Gasteiger partial charge in [-0.05, 0) is 24.3 Å². The first-order valence-electron chi connectivity index (χ1n) is 5.14. The van der Waals surface area contributed by atoms with Crippen LogP contribution in [-0.2, 0) is 0 Å². The molecule has 0 fully saturated rings. The van der Waals surface area contributed by atoms with Crippen molar-refractivity contribution in [1.29, 1.82) is 0 Å². The molecule has 0 N–H and O–H groups in total. The molecule has 0 saturated carbocycles. The first-order chi connectivity index (χ1) is 8.31. The van der Waals surface area contributed by atoms with Gasteiger partial charge in [0.25, 0.3) is 0 Å².